The number of rotatable bonds is 4. The highest BCUT2D eigenvalue weighted by atomic mass is 16.6. The molecule has 0 saturated carbocycles. The Bertz CT molecular complexity index is 991. The summed E-state index contributed by atoms with van der Waals surface area (Å²) in [5.41, 5.74) is 3.10. The molecule has 3 aromatic rings. The highest BCUT2D eigenvalue weighted by Gasteiger charge is 2.16. The van der Waals surface area contributed by atoms with Crippen LogP contribution in [0.25, 0.3) is 11.1 Å². The quantitative estimate of drug-likeness (QED) is 0.580. The largest absolute Gasteiger partial charge is 0.444 e. The molecule has 0 unspecified atom stereocenters. The van der Waals surface area contributed by atoms with E-state index in [9.17, 15) is 9.59 Å². The molecule has 0 aliphatic heterocycles. The Morgan fingerprint density at radius 2 is 1.28 bits per heavy atom. The fourth-order valence-electron chi connectivity index (χ4n) is 2.81. The molecule has 0 atom stereocenters. The number of carbonyl (C=O) groups excluding carboxylic acids is 2. The highest BCUT2D eigenvalue weighted by molar-refractivity contribution is 6.08. The van der Waals surface area contributed by atoms with E-state index >= 15 is 0 Å². The number of nitrogens with one attached hydrogen (secondary N) is 2. The standard InChI is InChI=1S/C24H24N2O3/c1-24(2,3)29-23(28)26-19-15-13-18(14-16-19)25-22(27)21-12-8-7-11-20(21)17-9-5-4-6-10-17/h4-16H,1-3H3,(H,25,27)(H,26,28). The van der Waals surface area contributed by atoms with Gasteiger partial charge in [-0.05, 0) is 62.2 Å². The zero-order valence-corrected chi connectivity index (χ0v) is 16.7. The second-order valence-corrected chi connectivity index (χ2v) is 7.57. The summed E-state index contributed by atoms with van der Waals surface area (Å²) >= 11 is 0. The number of anilines is 2. The SMILES string of the molecule is CC(C)(C)OC(=O)Nc1ccc(NC(=O)c2ccccc2-c2ccccc2)cc1. The lowest BCUT2D eigenvalue weighted by molar-refractivity contribution is 0.0635. The summed E-state index contributed by atoms with van der Waals surface area (Å²) in [7, 11) is 0. The fourth-order valence-corrected chi connectivity index (χ4v) is 2.81. The van der Waals surface area contributed by atoms with Crippen LogP contribution in [-0.4, -0.2) is 17.6 Å². The molecular weight excluding hydrogens is 364 g/mol. The van der Waals surface area contributed by atoms with Crippen LogP contribution in [0.3, 0.4) is 0 Å². The van der Waals surface area contributed by atoms with Crippen molar-refractivity contribution in [2.24, 2.45) is 0 Å². The lowest BCUT2D eigenvalue weighted by Gasteiger charge is -2.19. The van der Waals surface area contributed by atoms with Gasteiger partial charge in [0.1, 0.15) is 5.60 Å². The molecule has 0 aromatic heterocycles. The Balaban J connectivity index is 1.70. The normalized spacial score (nSPS) is 10.9. The van der Waals surface area contributed by atoms with Gasteiger partial charge in [0, 0.05) is 16.9 Å². The summed E-state index contributed by atoms with van der Waals surface area (Å²) in [6, 6.07) is 24.2. The van der Waals surface area contributed by atoms with E-state index in [-0.39, 0.29) is 5.91 Å². The van der Waals surface area contributed by atoms with Crippen LogP contribution >= 0.6 is 0 Å². The van der Waals surface area contributed by atoms with Crippen molar-refractivity contribution in [1.82, 2.24) is 0 Å². The van der Waals surface area contributed by atoms with Crippen LogP contribution in [0.2, 0.25) is 0 Å². The van der Waals surface area contributed by atoms with E-state index in [0.717, 1.165) is 11.1 Å². The molecule has 2 amide bonds. The number of hydrogen-bond donors (Lipinski definition) is 2. The summed E-state index contributed by atoms with van der Waals surface area (Å²) < 4.78 is 5.23. The maximum Gasteiger partial charge on any atom is 0.412 e. The number of hydrogen-bond acceptors (Lipinski definition) is 3. The molecule has 5 nitrogen and oxygen atoms in total. The van der Waals surface area contributed by atoms with Gasteiger partial charge in [0.05, 0.1) is 0 Å². The first kappa shape index (κ1) is 20.1. The van der Waals surface area contributed by atoms with Crippen LogP contribution in [0, 0.1) is 0 Å². The maximum atomic E-state index is 12.8. The molecule has 0 bridgehead atoms. The predicted octanol–water partition coefficient (Wildman–Crippen LogP) is 5.95. The third kappa shape index (κ3) is 5.69. The molecule has 0 aliphatic carbocycles. The van der Waals surface area contributed by atoms with E-state index in [0.29, 0.717) is 16.9 Å². The first-order valence-electron chi connectivity index (χ1n) is 9.38. The molecule has 5 heteroatoms. The van der Waals surface area contributed by atoms with Gasteiger partial charge in [-0.2, -0.15) is 0 Å². The van der Waals surface area contributed by atoms with Crippen molar-refractivity contribution < 1.29 is 14.3 Å². The number of benzene rings is 3. The first-order chi connectivity index (χ1) is 13.8. The Hall–Kier alpha value is -3.60. The van der Waals surface area contributed by atoms with Crippen LogP contribution < -0.4 is 10.6 Å². The van der Waals surface area contributed by atoms with Crippen molar-refractivity contribution in [3.8, 4) is 11.1 Å². The minimum atomic E-state index is -0.565. The van der Waals surface area contributed by atoms with E-state index in [1.54, 1.807) is 51.1 Å². The molecule has 29 heavy (non-hydrogen) atoms. The van der Waals surface area contributed by atoms with E-state index in [1.165, 1.54) is 0 Å². The Morgan fingerprint density at radius 1 is 0.724 bits per heavy atom. The molecule has 0 fully saturated rings. The number of amides is 2. The van der Waals surface area contributed by atoms with Gasteiger partial charge in [-0.25, -0.2) is 4.79 Å². The number of carbonyl (C=O) groups is 2. The van der Waals surface area contributed by atoms with Gasteiger partial charge in [-0.1, -0.05) is 48.5 Å². The average molecular weight is 388 g/mol. The molecule has 148 valence electrons. The topological polar surface area (TPSA) is 67.4 Å². The number of ether oxygens (including phenoxy) is 1. The summed E-state index contributed by atoms with van der Waals surface area (Å²) in [5.74, 6) is -0.197. The van der Waals surface area contributed by atoms with Crippen molar-refractivity contribution in [2.45, 2.75) is 26.4 Å². The van der Waals surface area contributed by atoms with Gasteiger partial charge in [0.15, 0.2) is 0 Å². The monoisotopic (exact) mass is 388 g/mol. The van der Waals surface area contributed by atoms with Gasteiger partial charge < -0.3 is 10.1 Å². The van der Waals surface area contributed by atoms with E-state index in [2.05, 4.69) is 10.6 Å². The van der Waals surface area contributed by atoms with Crippen molar-refractivity contribution >= 4 is 23.4 Å². The molecule has 0 heterocycles. The summed E-state index contributed by atoms with van der Waals surface area (Å²) in [5, 5.41) is 5.57. The van der Waals surface area contributed by atoms with E-state index < -0.39 is 11.7 Å². The second kappa shape index (κ2) is 8.61. The minimum Gasteiger partial charge on any atom is -0.444 e. The van der Waals surface area contributed by atoms with Crippen molar-refractivity contribution in [2.75, 3.05) is 10.6 Å². The third-order valence-electron chi connectivity index (χ3n) is 4.04. The van der Waals surface area contributed by atoms with Crippen molar-refractivity contribution in [1.29, 1.82) is 0 Å². The van der Waals surface area contributed by atoms with Crippen LogP contribution in [-0.2, 0) is 4.74 Å². The summed E-state index contributed by atoms with van der Waals surface area (Å²) in [4.78, 5) is 24.7. The van der Waals surface area contributed by atoms with Crippen molar-refractivity contribution in [3.05, 3.63) is 84.4 Å². The van der Waals surface area contributed by atoms with Gasteiger partial charge in [-0.3, -0.25) is 10.1 Å². The van der Waals surface area contributed by atoms with E-state index in [4.69, 9.17) is 4.74 Å². The lowest BCUT2D eigenvalue weighted by atomic mass is 9.99. The van der Waals surface area contributed by atoms with Crippen molar-refractivity contribution in [3.63, 3.8) is 0 Å². The van der Waals surface area contributed by atoms with Crippen LogP contribution in [0.5, 0.6) is 0 Å². The van der Waals surface area contributed by atoms with E-state index in [1.807, 2.05) is 48.5 Å². The smallest absolute Gasteiger partial charge is 0.412 e. The molecular formula is C24H24N2O3. The van der Waals surface area contributed by atoms with Gasteiger partial charge in [0.2, 0.25) is 0 Å². The molecule has 0 saturated heterocycles. The molecule has 0 spiro atoms. The van der Waals surface area contributed by atoms with Crippen LogP contribution in [0.1, 0.15) is 31.1 Å². The summed E-state index contributed by atoms with van der Waals surface area (Å²) in [6.45, 7) is 5.41. The fraction of sp³-hybridized carbons (Fsp3) is 0.167. The lowest BCUT2D eigenvalue weighted by Crippen LogP contribution is -2.27. The zero-order valence-electron chi connectivity index (χ0n) is 16.7. The van der Waals surface area contributed by atoms with Gasteiger partial charge in [0.25, 0.3) is 5.91 Å². The minimum absolute atomic E-state index is 0.197. The predicted molar refractivity (Wildman–Crippen MR) is 116 cm³/mol. The molecule has 0 aliphatic rings. The third-order valence-corrected chi connectivity index (χ3v) is 4.04. The first-order valence-corrected chi connectivity index (χ1v) is 9.38. The van der Waals surface area contributed by atoms with Crippen LogP contribution in [0.15, 0.2) is 78.9 Å². The van der Waals surface area contributed by atoms with Gasteiger partial charge in [-0.15, -0.1) is 0 Å². The molecule has 3 rings (SSSR count). The Kier molecular flexibility index (Phi) is 5.98. The Morgan fingerprint density at radius 3 is 1.90 bits per heavy atom. The molecule has 0 radical (unpaired) electrons. The maximum absolute atomic E-state index is 12.8. The van der Waals surface area contributed by atoms with Gasteiger partial charge >= 0.3 is 6.09 Å². The highest BCUT2D eigenvalue weighted by Crippen LogP contribution is 2.24. The van der Waals surface area contributed by atoms with Crippen LogP contribution in [0.4, 0.5) is 16.2 Å². The average Bonchev–Trinajstić information content (AvgIpc) is 2.68. The second-order valence-electron chi connectivity index (χ2n) is 7.57. The zero-order chi connectivity index (χ0) is 20.9. The Labute approximate surface area is 170 Å². The molecule has 2 N–H and O–H groups in total. The molecule has 3 aromatic carbocycles. The summed E-state index contributed by atoms with van der Waals surface area (Å²) in [6.07, 6.45) is -0.522.